The molecule has 0 saturated heterocycles. The Bertz CT molecular complexity index is 1420. The lowest BCUT2D eigenvalue weighted by molar-refractivity contribution is -0.141. The zero-order valence-electron chi connectivity index (χ0n) is 19.3. The molecule has 3 rings (SSSR count). The highest BCUT2D eigenvalue weighted by molar-refractivity contribution is 7.91. The van der Waals surface area contributed by atoms with Crippen LogP contribution < -0.4 is 9.54 Å². The van der Waals surface area contributed by atoms with Crippen LogP contribution in [0.25, 0.3) is 10.2 Å². The molecule has 186 valence electrons. The molecule has 0 saturated carbocycles. The van der Waals surface area contributed by atoms with Crippen molar-refractivity contribution in [3.63, 3.8) is 0 Å². The van der Waals surface area contributed by atoms with E-state index in [1.54, 1.807) is 30.3 Å². The van der Waals surface area contributed by atoms with Gasteiger partial charge >= 0.3 is 11.9 Å². The van der Waals surface area contributed by atoms with E-state index in [9.17, 15) is 22.8 Å². The fourth-order valence-electron chi connectivity index (χ4n) is 3.23. The summed E-state index contributed by atoms with van der Waals surface area (Å²) < 4.78 is 41.7. The Hall–Kier alpha value is -3.51. The van der Waals surface area contributed by atoms with Crippen LogP contribution >= 0.6 is 11.3 Å². The molecule has 1 heterocycles. The van der Waals surface area contributed by atoms with E-state index < -0.39 is 27.7 Å². The van der Waals surface area contributed by atoms with E-state index in [-0.39, 0.29) is 34.8 Å². The number of fused-ring (bicyclic) bond motifs is 1. The van der Waals surface area contributed by atoms with Gasteiger partial charge in [0.15, 0.2) is 14.6 Å². The van der Waals surface area contributed by atoms with E-state index in [1.165, 1.54) is 38.0 Å². The number of esters is 2. The van der Waals surface area contributed by atoms with Gasteiger partial charge in [-0.05, 0) is 48.9 Å². The summed E-state index contributed by atoms with van der Waals surface area (Å²) in [6.45, 7) is -0.188. The Balaban J connectivity index is 1.81. The van der Waals surface area contributed by atoms with Gasteiger partial charge in [0.1, 0.15) is 12.3 Å². The van der Waals surface area contributed by atoms with Gasteiger partial charge in [-0.1, -0.05) is 11.3 Å². The van der Waals surface area contributed by atoms with Crippen molar-refractivity contribution in [1.29, 1.82) is 0 Å². The summed E-state index contributed by atoms with van der Waals surface area (Å²) in [4.78, 5) is 40.8. The van der Waals surface area contributed by atoms with Crippen LogP contribution in [0.3, 0.4) is 0 Å². The maximum Gasteiger partial charge on any atom is 0.337 e. The van der Waals surface area contributed by atoms with Crippen molar-refractivity contribution in [3.8, 4) is 5.75 Å². The summed E-state index contributed by atoms with van der Waals surface area (Å²) in [5, 5.41) is 0. The minimum Gasteiger partial charge on any atom is -0.497 e. The minimum atomic E-state index is -3.57. The van der Waals surface area contributed by atoms with Gasteiger partial charge in [0.2, 0.25) is 5.91 Å². The lowest BCUT2D eigenvalue weighted by Gasteiger charge is -2.05. The quantitative estimate of drug-likeness (QED) is 0.393. The molecule has 0 aliphatic rings. The van der Waals surface area contributed by atoms with E-state index in [2.05, 4.69) is 4.99 Å². The number of amides is 1. The van der Waals surface area contributed by atoms with Gasteiger partial charge in [-0.2, -0.15) is 4.99 Å². The van der Waals surface area contributed by atoms with Crippen LogP contribution in [-0.2, 0) is 35.4 Å². The molecule has 0 atom stereocenters. The molecule has 0 radical (unpaired) electrons. The Morgan fingerprint density at radius 1 is 1.00 bits per heavy atom. The molecule has 0 bridgehead atoms. The van der Waals surface area contributed by atoms with Crippen molar-refractivity contribution in [2.75, 3.05) is 27.1 Å². The Morgan fingerprint density at radius 3 is 2.34 bits per heavy atom. The third kappa shape index (κ3) is 6.34. The maximum absolute atomic E-state index is 12.5. The SMILES string of the molecule is COC(=O)Cn1c(=NC(=O)CCCS(=O)(=O)c2ccc(OC)cc2)sc2cc(C(=O)OC)ccc21. The van der Waals surface area contributed by atoms with Crippen LogP contribution in [0.4, 0.5) is 0 Å². The minimum absolute atomic E-state index is 0.0745. The molecule has 1 amide bonds. The van der Waals surface area contributed by atoms with E-state index in [1.807, 2.05) is 0 Å². The molecule has 0 N–H and O–H groups in total. The average molecular weight is 521 g/mol. The molecule has 3 aromatic rings. The number of rotatable bonds is 9. The standard InChI is InChI=1S/C23H24N2O8S2/c1-31-16-7-9-17(10-8-16)35(29,30)12-4-5-20(26)24-23-25(14-21(27)32-2)18-11-6-15(22(28)33-3)13-19(18)34-23/h6-11,13H,4-5,12,14H2,1-3H3. The molecule has 0 fully saturated rings. The number of hydrogen-bond donors (Lipinski definition) is 0. The predicted octanol–water partition coefficient (Wildman–Crippen LogP) is 2.35. The van der Waals surface area contributed by atoms with Gasteiger partial charge in [-0.3, -0.25) is 9.59 Å². The molecule has 0 unspecified atom stereocenters. The van der Waals surface area contributed by atoms with E-state index in [0.717, 1.165) is 11.3 Å². The second kappa shape index (κ2) is 11.3. The molecule has 35 heavy (non-hydrogen) atoms. The first-order valence-corrected chi connectivity index (χ1v) is 12.9. The first-order valence-electron chi connectivity index (χ1n) is 10.4. The van der Waals surface area contributed by atoms with Crippen molar-refractivity contribution < 1.29 is 37.0 Å². The maximum atomic E-state index is 12.5. The average Bonchev–Trinajstić information content (AvgIpc) is 3.18. The van der Waals surface area contributed by atoms with Crippen molar-refractivity contribution >= 4 is 49.2 Å². The van der Waals surface area contributed by atoms with Crippen LogP contribution in [0.5, 0.6) is 5.75 Å². The number of ether oxygens (including phenoxy) is 3. The molecule has 0 aliphatic heterocycles. The van der Waals surface area contributed by atoms with Gasteiger partial charge in [0.05, 0.1) is 47.8 Å². The number of methoxy groups -OCH3 is 3. The Labute approximate surface area is 205 Å². The normalized spacial score (nSPS) is 11.9. The van der Waals surface area contributed by atoms with Crippen molar-refractivity contribution in [2.24, 2.45) is 4.99 Å². The topological polar surface area (TPSA) is 130 Å². The highest BCUT2D eigenvalue weighted by Crippen LogP contribution is 2.21. The number of nitrogens with zero attached hydrogens (tertiary/aromatic N) is 2. The highest BCUT2D eigenvalue weighted by Gasteiger charge is 2.17. The van der Waals surface area contributed by atoms with Gasteiger partial charge in [0.25, 0.3) is 0 Å². The molecular weight excluding hydrogens is 496 g/mol. The molecule has 12 heteroatoms. The number of thiazole rings is 1. The van der Waals surface area contributed by atoms with Crippen molar-refractivity contribution in [1.82, 2.24) is 4.57 Å². The highest BCUT2D eigenvalue weighted by atomic mass is 32.2. The third-order valence-corrected chi connectivity index (χ3v) is 7.92. The number of aromatic nitrogens is 1. The lowest BCUT2D eigenvalue weighted by atomic mass is 10.2. The summed E-state index contributed by atoms with van der Waals surface area (Å²) in [5.74, 6) is -1.28. The second-order valence-electron chi connectivity index (χ2n) is 7.32. The molecule has 0 spiro atoms. The molecular formula is C23H24N2O8S2. The van der Waals surface area contributed by atoms with Gasteiger partial charge in [-0.25, -0.2) is 13.2 Å². The lowest BCUT2D eigenvalue weighted by Crippen LogP contribution is -2.22. The van der Waals surface area contributed by atoms with Crippen LogP contribution in [-0.4, -0.2) is 57.9 Å². The van der Waals surface area contributed by atoms with Crippen molar-refractivity contribution in [3.05, 3.63) is 52.8 Å². The van der Waals surface area contributed by atoms with Crippen LogP contribution in [0.15, 0.2) is 52.4 Å². The monoisotopic (exact) mass is 520 g/mol. The first kappa shape index (κ1) is 26.1. The fraction of sp³-hybridized carbons (Fsp3) is 0.304. The zero-order valence-corrected chi connectivity index (χ0v) is 21.0. The predicted molar refractivity (Wildman–Crippen MR) is 128 cm³/mol. The second-order valence-corrected chi connectivity index (χ2v) is 10.4. The number of sulfone groups is 1. The summed E-state index contributed by atoms with van der Waals surface area (Å²) in [6.07, 6.45) is -0.0274. The Morgan fingerprint density at radius 2 is 1.71 bits per heavy atom. The van der Waals surface area contributed by atoms with Crippen LogP contribution in [0.2, 0.25) is 0 Å². The largest absolute Gasteiger partial charge is 0.497 e. The number of carbonyl (C=O) groups excluding carboxylic acids is 3. The smallest absolute Gasteiger partial charge is 0.337 e. The van der Waals surface area contributed by atoms with Gasteiger partial charge in [-0.15, -0.1) is 0 Å². The Kier molecular flexibility index (Phi) is 8.41. The van der Waals surface area contributed by atoms with E-state index in [4.69, 9.17) is 14.2 Å². The summed E-state index contributed by atoms with van der Waals surface area (Å²) in [6, 6.07) is 10.8. The summed E-state index contributed by atoms with van der Waals surface area (Å²) in [5.41, 5.74) is 0.898. The summed E-state index contributed by atoms with van der Waals surface area (Å²) >= 11 is 1.12. The molecule has 2 aromatic carbocycles. The number of carbonyl (C=O) groups is 3. The molecule has 1 aromatic heterocycles. The van der Waals surface area contributed by atoms with Crippen LogP contribution in [0.1, 0.15) is 23.2 Å². The summed E-state index contributed by atoms with van der Waals surface area (Å²) in [7, 11) is 0.433. The van der Waals surface area contributed by atoms with Crippen molar-refractivity contribution in [2.45, 2.75) is 24.3 Å². The third-order valence-electron chi connectivity index (χ3n) is 5.06. The molecule has 10 nitrogen and oxygen atoms in total. The van der Waals surface area contributed by atoms with Gasteiger partial charge < -0.3 is 18.8 Å². The number of benzene rings is 2. The van der Waals surface area contributed by atoms with Crippen LogP contribution in [0, 0.1) is 0 Å². The number of hydrogen-bond acceptors (Lipinski definition) is 9. The van der Waals surface area contributed by atoms with Gasteiger partial charge in [0, 0.05) is 6.42 Å². The fourth-order valence-corrected chi connectivity index (χ4v) is 5.62. The van der Waals surface area contributed by atoms with E-state index in [0.29, 0.717) is 21.5 Å². The van der Waals surface area contributed by atoms with E-state index >= 15 is 0 Å². The molecule has 0 aliphatic carbocycles. The first-order chi connectivity index (χ1) is 16.7. The zero-order chi connectivity index (χ0) is 25.6.